The van der Waals surface area contributed by atoms with Gasteiger partial charge in [-0.3, -0.25) is 4.68 Å². The number of hydrogen-bond donors (Lipinski definition) is 1. The van der Waals surface area contributed by atoms with Crippen molar-refractivity contribution < 1.29 is 8.42 Å². The summed E-state index contributed by atoms with van der Waals surface area (Å²) in [5.41, 5.74) is 0.857. The number of nitrogens with one attached hydrogen (secondary N) is 1. The molecule has 1 heterocycles. The highest BCUT2D eigenvalue weighted by atomic mass is 79.9. The predicted octanol–water partition coefficient (Wildman–Crippen LogP) is 2.88. The van der Waals surface area contributed by atoms with Crippen LogP contribution in [0.2, 0.25) is 5.02 Å². The van der Waals surface area contributed by atoms with Crippen LogP contribution in [-0.4, -0.2) is 18.2 Å². The van der Waals surface area contributed by atoms with Crippen LogP contribution in [0.5, 0.6) is 0 Å². The van der Waals surface area contributed by atoms with Gasteiger partial charge in [0.05, 0.1) is 11.2 Å². The van der Waals surface area contributed by atoms with Gasteiger partial charge in [-0.05, 0) is 24.6 Å². The van der Waals surface area contributed by atoms with E-state index in [0.29, 0.717) is 0 Å². The Balaban J connectivity index is 2.27. The highest BCUT2D eigenvalue weighted by Gasteiger charge is 2.25. The molecule has 2 aromatic rings. The zero-order valence-corrected chi connectivity index (χ0v) is 14.0. The molecule has 1 aromatic carbocycles. The molecule has 0 amide bonds. The standard InChI is InChI=1S/C12H13BrClN3O2S/c1-8(9-3-5-10(13)6-4-9)16-20(18,19)12-11(14)7-15-17(12)2/h3-8,16H,1-2H3. The number of aromatic nitrogens is 2. The molecule has 0 bridgehead atoms. The second-order valence-electron chi connectivity index (χ2n) is 4.32. The minimum atomic E-state index is -3.73. The Labute approximate surface area is 131 Å². The van der Waals surface area contributed by atoms with Gasteiger partial charge in [0.25, 0.3) is 10.0 Å². The van der Waals surface area contributed by atoms with Crippen molar-refractivity contribution in [2.45, 2.75) is 18.0 Å². The number of halogens is 2. The largest absolute Gasteiger partial charge is 0.259 e. The van der Waals surface area contributed by atoms with Crippen molar-refractivity contribution in [1.82, 2.24) is 14.5 Å². The number of sulfonamides is 1. The fourth-order valence-corrected chi connectivity index (χ4v) is 3.96. The highest BCUT2D eigenvalue weighted by Crippen LogP contribution is 2.23. The Morgan fingerprint density at radius 3 is 2.45 bits per heavy atom. The van der Waals surface area contributed by atoms with Gasteiger partial charge in [-0.15, -0.1) is 0 Å². The summed E-state index contributed by atoms with van der Waals surface area (Å²) in [6.45, 7) is 1.77. The van der Waals surface area contributed by atoms with E-state index in [1.807, 2.05) is 24.3 Å². The number of rotatable bonds is 4. The van der Waals surface area contributed by atoms with Gasteiger partial charge in [0.1, 0.15) is 0 Å². The number of nitrogens with zero attached hydrogens (tertiary/aromatic N) is 2. The first-order chi connectivity index (χ1) is 9.31. The fourth-order valence-electron chi connectivity index (χ4n) is 1.81. The maximum absolute atomic E-state index is 12.3. The third kappa shape index (κ3) is 3.22. The quantitative estimate of drug-likeness (QED) is 0.890. The van der Waals surface area contributed by atoms with E-state index in [9.17, 15) is 8.42 Å². The van der Waals surface area contributed by atoms with Crippen molar-refractivity contribution in [2.75, 3.05) is 0 Å². The lowest BCUT2D eigenvalue weighted by Gasteiger charge is -2.15. The zero-order valence-electron chi connectivity index (χ0n) is 10.8. The third-order valence-corrected chi connectivity index (χ3v) is 5.37. The Kier molecular flexibility index (Phi) is 4.53. The molecule has 0 aliphatic heterocycles. The SMILES string of the molecule is CC(NS(=O)(=O)c1c(Cl)cnn1C)c1ccc(Br)cc1. The van der Waals surface area contributed by atoms with E-state index in [0.717, 1.165) is 10.0 Å². The van der Waals surface area contributed by atoms with Crippen molar-refractivity contribution in [3.8, 4) is 0 Å². The van der Waals surface area contributed by atoms with Crippen LogP contribution in [0, 0.1) is 0 Å². The van der Waals surface area contributed by atoms with Crippen LogP contribution >= 0.6 is 27.5 Å². The molecule has 0 aliphatic rings. The van der Waals surface area contributed by atoms with Crippen molar-refractivity contribution in [3.63, 3.8) is 0 Å². The molecule has 1 unspecified atom stereocenters. The Morgan fingerprint density at radius 2 is 1.95 bits per heavy atom. The minimum Gasteiger partial charge on any atom is -0.255 e. The molecular formula is C12H13BrClN3O2S. The first-order valence-corrected chi connectivity index (χ1v) is 8.42. The summed E-state index contributed by atoms with van der Waals surface area (Å²) in [4.78, 5) is 0. The molecule has 0 spiro atoms. The molecule has 1 aromatic heterocycles. The molecule has 0 radical (unpaired) electrons. The highest BCUT2D eigenvalue weighted by molar-refractivity contribution is 9.10. The van der Waals surface area contributed by atoms with Crippen LogP contribution in [0.15, 0.2) is 40.0 Å². The first kappa shape index (κ1) is 15.5. The monoisotopic (exact) mass is 377 g/mol. The van der Waals surface area contributed by atoms with Gasteiger partial charge < -0.3 is 0 Å². The zero-order chi connectivity index (χ0) is 14.9. The Hall–Kier alpha value is -0.890. The lowest BCUT2D eigenvalue weighted by Crippen LogP contribution is -2.28. The fraction of sp³-hybridized carbons (Fsp3) is 0.250. The normalized spacial score (nSPS) is 13.4. The molecule has 5 nitrogen and oxygen atoms in total. The second kappa shape index (κ2) is 5.85. The van der Waals surface area contributed by atoms with E-state index in [2.05, 4.69) is 25.8 Å². The maximum atomic E-state index is 12.3. The third-order valence-electron chi connectivity index (χ3n) is 2.80. The lowest BCUT2D eigenvalue weighted by molar-refractivity contribution is 0.550. The first-order valence-electron chi connectivity index (χ1n) is 5.76. The van der Waals surface area contributed by atoms with Crippen LogP contribution in [-0.2, 0) is 17.1 Å². The van der Waals surface area contributed by atoms with Gasteiger partial charge in [0.15, 0.2) is 5.03 Å². The van der Waals surface area contributed by atoms with Gasteiger partial charge in [0, 0.05) is 17.6 Å². The van der Waals surface area contributed by atoms with E-state index in [1.165, 1.54) is 17.9 Å². The van der Waals surface area contributed by atoms with Gasteiger partial charge >= 0.3 is 0 Å². The lowest BCUT2D eigenvalue weighted by atomic mass is 10.1. The molecule has 8 heteroatoms. The van der Waals surface area contributed by atoms with E-state index in [4.69, 9.17) is 11.6 Å². The van der Waals surface area contributed by atoms with Crippen molar-refractivity contribution in [3.05, 3.63) is 45.5 Å². The minimum absolute atomic E-state index is 0.0388. The number of benzene rings is 1. The summed E-state index contributed by atoms with van der Waals surface area (Å²) in [6, 6.07) is 7.04. The van der Waals surface area contributed by atoms with Gasteiger partial charge in [-0.1, -0.05) is 39.7 Å². The maximum Gasteiger partial charge on any atom is 0.259 e. The Morgan fingerprint density at radius 1 is 1.35 bits per heavy atom. The van der Waals surface area contributed by atoms with E-state index >= 15 is 0 Å². The molecule has 20 heavy (non-hydrogen) atoms. The Bertz CT molecular complexity index is 693. The number of aryl methyl sites for hydroxylation is 1. The summed E-state index contributed by atoms with van der Waals surface area (Å²) >= 11 is 9.21. The van der Waals surface area contributed by atoms with Crippen LogP contribution < -0.4 is 4.72 Å². The van der Waals surface area contributed by atoms with Crippen LogP contribution in [0.4, 0.5) is 0 Å². The topological polar surface area (TPSA) is 64.0 Å². The molecule has 2 rings (SSSR count). The predicted molar refractivity (Wildman–Crippen MR) is 81.1 cm³/mol. The van der Waals surface area contributed by atoms with Gasteiger partial charge in [-0.25, -0.2) is 13.1 Å². The average Bonchev–Trinajstić information content (AvgIpc) is 2.69. The van der Waals surface area contributed by atoms with Crippen molar-refractivity contribution >= 4 is 37.6 Å². The van der Waals surface area contributed by atoms with Crippen LogP contribution in [0.3, 0.4) is 0 Å². The van der Waals surface area contributed by atoms with Gasteiger partial charge in [0.2, 0.25) is 0 Å². The molecule has 1 atom stereocenters. The molecule has 0 saturated heterocycles. The number of hydrogen-bond acceptors (Lipinski definition) is 3. The molecule has 1 N–H and O–H groups in total. The summed E-state index contributed by atoms with van der Waals surface area (Å²) in [6.07, 6.45) is 1.31. The molecule has 108 valence electrons. The van der Waals surface area contributed by atoms with Gasteiger partial charge in [-0.2, -0.15) is 5.10 Å². The summed E-state index contributed by atoms with van der Waals surface area (Å²) in [7, 11) is -2.20. The molecule has 0 fully saturated rings. The van der Waals surface area contributed by atoms with Crippen LogP contribution in [0.1, 0.15) is 18.5 Å². The smallest absolute Gasteiger partial charge is 0.255 e. The second-order valence-corrected chi connectivity index (χ2v) is 7.27. The van der Waals surface area contributed by atoms with E-state index < -0.39 is 10.0 Å². The summed E-state index contributed by atoms with van der Waals surface area (Å²) in [5.74, 6) is 0. The molecule has 0 saturated carbocycles. The summed E-state index contributed by atoms with van der Waals surface area (Å²) < 4.78 is 29.4. The average molecular weight is 379 g/mol. The van der Waals surface area contributed by atoms with Crippen LogP contribution in [0.25, 0.3) is 0 Å². The molecular weight excluding hydrogens is 366 g/mol. The van der Waals surface area contributed by atoms with Crippen molar-refractivity contribution in [1.29, 1.82) is 0 Å². The molecule has 0 aliphatic carbocycles. The van der Waals surface area contributed by atoms with E-state index in [-0.39, 0.29) is 16.1 Å². The summed E-state index contributed by atoms with van der Waals surface area (Å²) in [5, 5.41) is 3.89. The van der Waals surface area contributed by atoms with Crippen molar-refractivity contribution in [2.24, 2.45) is 7.05 Å². The van der Waals surface area contributed by atoms with E-state index in [1.54, 1.807) is 6.92 Å².